The Balaban J connectivity index is 1.85. The molecule has 4 aromatic rings. The molecule has 0 fully saturated rings. The molecule has 4 rings (SSSR count). The number of H-pyrrole nitrogens is 1. The van der Waals surface area contributed by atoms with Crippen LogP contribution in [0, 0.1) is 0 Å². The van der Waals surface area contributed by atoms with Gasteiger partial charge >= 0.3 is 0 Å². The maximum Gasteiger partial charge on any atom is 0.140 e. The SMILES string of the molecule is O[C@H](c1ccccc1)c1nc2cc3ccccc3cc2[nH]1. The van der Waals surface area contributed by atoms with E-state index >= 15 is 0 Å². The molecular formula is C18H14N2O. The molecule has 0 amide bonds. The van der Waals surface area contributed by atoms with Crippen molar-refractivity contribution < 1.29 is 5.11 Å². The molecule has 1 aromatic heterocycles. The molecule has 21 heavy (non-hydrogen) atoms. The number of nitrogens with zero attached hydrogens (tertiary/aromatic N) is 1. The first-order valence-corrected chi connectivity index (χ1v) is 6.93. The fraction of sp³-hybridized carbons (Fsp3) is 0.0556. The zero-order chi connectivity index (χ0) is 14.2. The summed E-state index contributed by atoms with van der Waals surface area (Å²) in [6, 6.07) is 21.8. The number of fused-ring (bicyclic) bond motifs is 2. The standard InChI is InChI=1S/C18H14N2O/c21-17(12-6-2-1-3-7-12)18-19-15-10-13-8-4-5-9-14(13)11-16(15)20-18/h1-11,17,21H,(H,19,20)/t17-/m1/s1. The number of nitrogens with one attached hydrogen (secondary N) is 1. The van der Waals surface area contributed by atoms with Gasteiger partial charge in [-0.15, -0.1) is 0 Å². The Kier molecular flexibility index (Phi) is 2.72. The molecule has 2 N–H and O–H groups in total. The number of imidazole rings is 1. The molecule has 0 saturated heterocycles. The molecule has 0 spiro atoms. The smallest absolute Gasteiger partial charge is 0.140 e. The van der Waals surface area contributed by atoms with Crippen molar-refractivity contribution in [1.29, 1.82) is 0 Å². The molecule has 0 aliphatic heterocycles. The molecule has 3 nitrogen and oxygen atoms in total. The average molecular weight is 274 g/mol. The van der Waals surface area contributed by atoms with Gasteiger partial charge < -0.3 is 10.1 Å². The molecule has 0 saturated carbocycles. The summed E-state index contributed by atoms with van der Waals surface area (Å²) < 4.78 is 0. The van der Waals surface area contributed by atoms with E-state index in [2.05, 4.69) is 28.2 Å². The van der Waals surface area contributed by atoms with Crippen molar-refractivity contribution in [1.82, 2.24) is 9.97 Å². The highest BCUT2D eigenvalue weighted by molar-refractivity contribution is 5.95. The highest BCUT2D eigenvalue weighted by Crippen LogP contribution is 2.25. The van der Waals surface area contributed by atoms with Gasteiger partial charge in [-0.05, 0) is 28.5 Å². The van der Waals surface area contributed by atoms with Gasteiger partial charge in [0.1, 0.15) is 11.9 Å². The van der Waals surface area contributed by atoms with Crippen molar-refractivity contribution in [3.05, 3.63) is 78.1 Å². The second kappa shape index (κ2) is 4.72. The monoisotopic (exact) mass is 274 g/mol. The lowest BCUT2D eigenvalue weighted by Gasteiger charge is -2.06. The summed E-state index contributed by atoms with van der Waals surface area (Å²) in [4.78, 5) is 7.76. The van der Waals surface area contributed by atoms with Gasteiger partial charge in [-0.25, -0.2) is 4.98 Å². The summed E-state index contributed by atoms with van der Waals surface area (Å²) in [5.74, 6) is 0.575. The summed E-state index contributed by atoms with van der Waals surface area (Å²) in [5.41, 5.74) is 2.65. The minimum absolute atomic E-state index is 0.575. The van der Waals surface area contributed by atoms with Crippen LogP contribution < -0.4 is 0 Å². The number of hydrogen-bond donors (Lipinski definition) is 2. The van der Waals surface area contributed by atoms with Gasteiger partial charge in [-0.2, -0.15) is 0 Å². The molecule has 0 bridgehead atoms. The largest absolute Gasteiger partial charge is 0.380 e. The zero-order valence-corrected chi connectivity index (χ0v) is 11.3. The Morgan fingerprint density at radius 2 is 1.52 bits per heavy atom. The lowest BCUT2D eigenvalue weighted by atomic mass is 10.1. The van der Waals surface area contributed by atoms with Crippen LogP contribution in [0.15, 0.2) is 66.7 Å². The fourth-order valence-electron chi connectivity index (χ4n) is 2.64. The minimum Gasteiger partial charge on any atom is -0.380 e. The first-order chi connectivity index (χ1) is 10.3. The van der Waals surface area contributed by atoms with Crippen LogP contribution in [0.1, 0.15) is 17.5 Å². The van der Waals surface area contributed by atoms with Crippen LogP contribution in [-0.2, 0) is 0 Å². The van der Waals surface area contributed by atoms with E-state index in [1.165, 1.54) is 0 Å². The van der Waals surface area contributed by atoms with Gasteiger partial charge in [0.05, 0.1) is 11.0 Å². The summed E-state index contributed by atoms with van der Waals surface area (Å²) in [5, 5.41) is 12.7. The van der Waals surface area contributed by atoms with E-state index in [0.717, 1.165) is 27.4 Å². The molecule has 0 aliphatic carbocycles. The number of hydrogen-bond acceptors (Lipinski definition) is 2. The lowest BCUT2D eigenvalue weighted by molar-refractivity contribution is 0.211. The van der Waals surface area contributed by atoms with Crippen molar-refractivity contribution in [2.75, 3.05) is 0 Å². The Morgan fingerprint density at radius 3 is 2.29 bits per heavy atom. The van der Waals surface area contributed by atoms with Gasteiger partial charge in [0, 0.05) is 0 Å². The summed E-state index contributed by atoms with van der Waals surface area (Å²) in [7, 11) is 0. The number of aliphatic hydroxyl groups is 1. The third kappa shape index (κ3) is 2.08. The number of benzene rings is 3. The number of rotatable bonds is 2. The molecule has 0 aliphatic rings. The van der Waals surface area contributed by atoms with E-state index in [1.54, 1.807) is 0 Å². The van der Waals surface area contributed by atoms with Gasteiger partial charge in [0.2, 0.25) is 0 Å². The van der Waals surface area contributed by atoms with E-state index in [9.17, 15) is 5.11 Å². The first kappa shape index (κ1) is 12.1. The number of aromatic nitrogens is 2. The van der Waals surface area contributed by atoms with Crippen LogP contribution in [0.2, 0.25) is 0 Å². The molecule has 0 radical (unpaired) electrons. The first-order valence-electron chi connectivity index (χ1n) is 6.93. The summed E-state index contributed by atoms with van der Waals surface area (Å²) in [6.45, 7) is 0. The molecule has 1 heterocycles. The van der Waals surface area contributed by atoms with Crippen LogP contribution in [0.5, 0.6) is 0 Å². The third-order valence-corrected chi connectivity index (χ3v) is 3.74. The van der Waals surface area contributed by atoms with E-state index in [1.807, 2.05) is 48.5 Å². The second-order valence-corrected chi connectivity index (χ2v) is 5.15. The van der Waals surface area contributed by atoms with E-state index in [4.69, 9.17) is 0 Å². The van der Waals surface area contributed by atoms with Crippen molar-refractivity contribution in [3.63, 3.8) is 0 Å². The van der Waals surface area contributed by atoms with Crippen LogP contribution in [-0.4, -0.2) is 15.1 Å². The second-order valence-electron chi connectivity index (χ2n) is 5.15. The van der Waals surface area contributed by atoms with Crippen LogP contribution in [0.25, 0.3) is 21.8 Å². The third-order valence-electron chi connectivity index (χ3n) is 3.74. The molecule has 102 valence electrons. The quantitative estimate of drug-likeness (QED) is 0.584. The van der Waals surface area contributed by atoms with Gasteiger partial charge in [0.15, 0.2) is 0 Å². The molecule has 3 heteroatoms. The van der Waals surface area contributed by atoms with Crippen molar-refractivity contribution >= 4 is 21.8 Å². The maximum absolute atomic E-state index is 10.4. The van der Waals surface area contributed by atoms with Crippen LogP contribution in [0.4, 0.5) is 0 Å². The number of aliphatic hydroxyl groups excluding tert-OH is 1. The highest BCUT2D eigenvalue weighted by Gasteiger charge is 2.14. The Hall–Kier alpha value is -2.65. The van der Waals surface area contributed by atoms with Gasteiger partial charge in [-0.1, -0.05) is 54.6 Å². The van der Waals surface area contributed by atoms with Crippen molar-refractivity contribution in [2.24, 2.45) is 0 Å². The lowest BCUT2D eigenvalue weighted by Crippen LogP contribution is -2.01. The van der Waals surface area contributed by atoms with E-state index < -0.39 is 6.10 Å². The van der Waals surface area contributed by atoms with Crippen molar-refractivity contribution in [2.45, 2.75) is 6.10 Å². The van der Waals surface area contributed by atoms with Gasteiger partial charge in [-0.3, -0.25) is 0 Å². The Labute approximate surface area is 121 Å². The highest BCUT2D eigenvalue weighted by atomic mass is 16.3. The van der Waals surface area contributed by atoms with E-state index in [-0.39, 0.29) is 0 Å². The van der Waals surface area contributed by atoms with E-state index in [0.29, 0.717) is 5.82 Å². The zero-order valence-electron chi connectivity index (χ0n) is 11.3. The molecule has 1 atom stereocenters. The Bertz CT molecular complexity index is 860. The summed E-state index contributed by atoms with van der Waals surface area (Å²) >= 11 is 0. The molecule has 3 aromatic carbocycles. The van der Waals surface area contributed by atoms with Gasteiger partial charge in [0.25, 0.3) is 0 Å². The van der Waals surface area contributed by atoms with Crippen LogP contribution >= 0.6 is 0 Å². The average Bonchev–Trinajstić information content (AvgIpc) is 2.95. The van der Waals surface area contributed by atoms with Crippen molar-refractivity contribution in [3.8, 4) is 0 Å². The molecular weight excluding hydrogens is 260 g/mol. The maximum atomic E-state index is 10.4. The predicted molar refractivity (Wildman–Crippen MR) is 84.1 cm³/mol. The fourth-order valence-corrected chi connectivity index (χ4v) is 2.64. The molecule has 0 unspecified atom stereocenters. The normalized spacial score (nSPS) is 12.8. The summed E-state index contributed by atoms with van der Waals surface area (Å²) in [6.07, 6.45) is -0.735. The predicted octanol–water partition coefficient (Wildman–Crippen LogP) is 3.80. The topological polar surface area (TPSA) is 48.9 Å². The Morgan fingerprint density at radius 1 is 0.857 bits per heavy atom. The minimum atomic E-state index is -0.735. The number of aromatic amines is 1. The van der Waals surface area contributed by atoms with Crippen LogP contribution in [0.3, 0.4) is 0 Å².